The molecule has 112 valence electrons. The number of methoxy groups -OCH3 is 1. The minimum Gasteiger partial charge on any atom is -0.497 e. The summed E-state index contributed by atoms with van der Waals surface area (Å²) in [5.74, 6) is 0.581. The normalized spacial score (nSPS) is 11.2. The molecule has 0 aromatic heterocycles. The van der Waals surface area contributed by atoms with Gasteiger partial charge in [0.25, 0.3) is 10.0 Å². The van der Waals surface area contributed by atoms with Crippen molar-refractivity contribution in [1.29, 1.82) is 0 Å². The van der Waals surface area contributed by atoms with E-state index in [-0.39, 0.29) is 4.90 Å². The number of halogens is 2. The van der Waals surface area contributed by atoms with Gasteiger partial charge in [-0.05, 0) is 42.5 Å². The van der Waals surface area contributed by atoms with Gasteiger partial charge in [-0.1, -0.05) is 23.2 Å². The Morgan fingerprint density at radius 3 is 2.24 bits per heavy atom. The summed E-state index contributed by atoms with van der Waals surface area (Å²) in [6, 6.07) is 10.8. The molecular formula is C14H13Cl2NO3S. The van der Waals surface area contributed by atoms with Crippen LogP contribution in [-0.2, 0) is 10.0 Å². The Balaban J connectivity index is 2.44. The van der Waals surface area contributed by atoms with Gasteiger partial charge in [-0.15, -0.1) is 0 Å². The lowest BCUT2D eigenvalue weighted by Crippen LogP contribution is -2.26. The van der Waals surface area contributed by atoms with Gasteiger partial charge in [-0.25, -0.2) is 8.42 Å². The summed E-state index contributed by atoms with van der Waals surface area (Å²) < 4.78 is 31.3. The highest BCUT2D eigenvalue weighted by atomic mass is 35.5. The van der Waals surface area contributed by atoms with Gasteiger partial charge in [0, 0.05) is 12.1 Å². The molecule has 0 spiro atoms. The van der Waals surface area contributed by atoms with Crippen molar-refractivity contribution in [2.75, 3.05) is 18.5 Å². The molecule has 21 heavy (non-hydrogen) atoms. The third kappa shape index (κ3) is 3.26. The number of rotatable bonds is 4. The Hall–Kier alpha value is -1.43. The fourth-order valence-corrected chi connectivity index (χ4v) is 3.43. The van der Waals surface area contributed by atoms with Crippen molar-refractivity contribution in [2.45, 2.75) is 4.90 Å². The highest BCUT2D eigenvalue weighted by Gasteiger charge is 2.23. The third-order valence-electron chi connectivity index (χ3n) is 2.97. The molecule has 0 saturated heterocycles. The fourth-order valence-electron chi connectivity index (χ4n) is 1.76. The lowest BCUT2D eigenvalue weighted by molar-refractivity contribution is 0.414. The average molecular weight is 346 g/mol. The fraction of sp³-hybridized carbons (Fsp3) is 0.143. The van der Waals surface area contributed by atoms with Gasteiger partial charge >= 0.3 is 0 Å². The molecule has 0 bridgehead atoms. The molecule has 0 radical (unpaired) electrons. The molecule has 0 aliphatic carbocycles. The van der Waals surface area contributed by atoms with Crippen LogP contribution in [0.4, 0.5) is 5.69 Å². The minimum absolute atomic E-state index is 0.141. The van der Waals surface area contributed by atoms with E-state index in [1.165, 1.54) is 32.4 Å². The van der Waals surface area contributed by atoms with Crippen LogP contribution in [0.2, 0.25) is 10.0 Å². The van der Waals surface area contributed by atoms with Crippen molar-refractivity contribution in [3.05, 3.63) is 52.5 Å². The molecule has 0 unspecified atom stereocenters. The van der Waals surface area contributed by atoms with Crippen LogP contribution in [0, 0.1) is 0 Å². The first-order valence-corrected chi connectivity index (χ1v) is 8.14. The molecule has 2 rings (SSSR count). The van der Waals surface area contributed by atoms with Crippen molar-refractivity contribution in [2.24, 2.45) is 0 Å². The van der Waals surface area contributed by atoms with E-state index in [4.69, 9.17) is 27.9 Å². The number of nitrogens with zero attached hydrogens (tertiary/aromatic N) is 1. The largest absolute Gasteiger partial charge is 0.497 e. The Bertz CT molecular complexity index is 745. The average Bonchev–Trinajstić information content (AvgIpc) is 2.49. The SMILES string of the molecule is COc1ccc(S(=O)(=O)N(C)c2cc(Cl)ccc2Cl)cc1. The number of anilines is 1. The molecular weight excluding hydrogens is 333 g/mol. The highest BCUT2D eigenvalue weighted by Crippen LogP contribution is 2.32. The Kier molecular flexibility index (Phi) is 4.66. The lowest BCUT2D eigenvalue weighted by Gasteiger charge is -2.21. The highest BCUT2D eigenvalue weighted by molar-refractivity contribution is 7.92. The van der Waals surface area contributed by atoms with Crippen LogP contribution in [0.3, 0.4) is 0 Å². The van der Waals surface area contributed by atoms with Crippen LogP contribution in [0.5, 0.6) is 5.75 Å². The standard InChI is InChI=1S/C14H13Cl2NO3S/c1-17(14-9-10(15)3-8-13(14)16)21(18,19)12-6-4-11(20-2)5-7-12/h3-9H,1-2H3. The van der Waals surface area contributed by atoms with E-state index in [0.29, 0.717) is 21.5 Å². The maximum atomic E-state index is 12.6. The number of hydrogen-bond acceptors (Lipinski definition) is 3. The Morgan fingerprint density at radius 2 is 1.67 bits per heavy atom. The van der Waals surface area contributed by atoms with E-state index in [2.05, 4.69) is 0 Å². The van der Waals surface area contributed by atoms with E-state index < -0.39 is 10.0 Å². The summed E-state index contributed by atoms with van der Waals surface area (Å²) in [6.07, 6.45) is 0. The first-order chi connectivity index (χ1) is 9.86. The van der Waals surface area contributed by atoms with E-state index in [9.17, 15) is 8.42 Å². The third-order valence-corrected chi connectivity index (χ3v) is 5.31. The molecule has 0 aliphatic heterocycles. The van der Waals surface area contributed by atoms with Crippen LogP contribution >= 0.6 is 23.2 Å². The van der Waals surface area contributed by atoms with Gasteiger partial charge in [0.05, 0.1) is 22.7 Å². The smallest absolute Gasteiger partial charge is 0.264 e. The molecule has 2 aromatic rings. The second kappa shape index (κ2) is 6.13. The topological polar surface area (TPSA) is 46.6 Å². The van der Waals surface area contributed by atoms with E-state index in [1.807, 2.05) is 0 Å². The molecule has 7 heteroatoms. The van der Waals surface area contributed by atoms with Crippen LogP contribution in [0.1, 0.15) is 0 Å². The molecule has 0 amide bonds. The Morgan fingerprint density at radius 1 is 1.05 bits per heavy atom. The maximum absolute atomic E-state index is 12.6. The second-order valence-electron chi connectivity index (χ2n) is 4.24. The first-order valence-electron chi connectivity index (χ1n) is 5.94. The molecule has 0 N–H and O–H groups in total. The van der Waals surface area contributed by atoms with E-state index in [1.54, 1.807) is 24.3 Å². The summed E-state index contributed by atoms with van der Waals surface area (Å²) in [6.45, 7) is 0. The predicted octanol–water partition coefficient (Wildman–Crippen LogP) is 3.83. The van der Waals surface area contributed by atoms with Crippen LogP contribution in [0.15, 0.2) is 47.4 Å². The van der Waals surface area contributed by atoms with Crippen molar-refractivity contribution in [1.82, 2.24) is 0 Å². The van der Waals surface area contributed by atoms with Crippen LogP contribution < -0.4 is 9.04 Å². The van der Waals surface area contributed by atoms with Gasteiger partial charge < -0.3 is 4.74 Å². The molecule has 0 heterocycles. The van der Waals surface area contributed by atoms with Gasteiger partial charge in [0.2, 0.25) is 0 Å². The van der Waals surface area contributed by atoms with Crippen LogP contribution in [-0.4, -0.2) is 22.6 Å². The first kappa shape index (κ1) is 15.9. The van der Waals surface area contributed by atoms with Gasteiger partial charge in [0.1, 0.15) is 5.75 Å². The van der Waals surface area contributed by atoms with Crippen molar-refractivity contribution in [3.8, 4) is 5.75 Å². The zero-order chi connectivity index (χ0) is 15.6. The molecule has 0 saturated carbocycles. The van der Waals surface area contributed by atoms with E-state index in [0.717, 1.165) is 4.31 Å². The molecule has 2 aromatic carbocycles. The molecule has 4 nitrogen and oxygen atoms in total. The molecule has 0 fully saturated rings. The number of ether oxygens (including phenoxy) is 1. The van der Waals surface area contributed by atoms with Gasteiger partial charge in [-0.3, -0.25) is 4.31 Å². The number of hydrogen-bond donors (Lipinski definition) is 0. The van der Waals surface area contributed by atoms with E-state index >= 15 is 0 Å². The number of sulfonamides is 1. The lowest BCUT2D eigenvalue weighted by atomic mass is 10.3. The summed E-state index contributed by atoms with van der Waals surface area (Å²) in [7, 11) is -0.779. The van der Waals surface area contributed by atoms with Crippen LogP contribution in [0.25, 0.3) is 0 Å². The quantitative estimate of drug-likeness (QED) is 0.845. The summed E-state index contributed by atoms with van der Waals surface area (Å²) >= 11 is 11.9. The molecule has 0 aliphatic rings. The summed E-state index contributed by atoms with van der Waals surface area (Å²) in [4.78, 5) is 0.141. The summed E-state index contributed by atoms with van der Waals surface area (Å²) in [5, 5.41) is 0.713. The van der Waals surface area contributed by atoms with Crippen molar-refractivity contribution < 1.29 is 13.2 Å². The monoisotopic (exact) mass is 345 g/mol. The zero-order valence-corrected chi connectivity index (χ0v) is 13.7. The Labute approximate surface area is 133 Å². The second-order valence-corrected chi connectivity index (χ2v) is 7.06. The van der Waals surface area contributed by atoms with Gasteiger partial charge in [-0.2, -0.15) is 0 Å². The summed E-state index contributed by atoms with van der Waals surface area (Å²) in [5.41, 5.74) is 0.319. The minimum atomic E-state index is -3.72. The van der Waals surface area contributed by atoms with Gasteiger partial charge in [0.15, 0.2) is 0 Å². The number of benzene rings is 2. The van der Waals surface area contributed by atoms with Crippen molar-refractivity contribution >= 4 is 38.9 Å². The zero-order valence-electron chi connectivity index (χ0n) is 11.4. The van der Waals surface area contributed by atoms with Crippen molar-refractivity contribution in [3.63, 3.8) is 0 Å². The maximum Gasteiger partial charge on any atom is 0.264 e. The molecule has 0 atom stereocenters. The predicted molar refractivity (Wildman–Crippen MR) is 85.0 cm³/mol.